The summed E-state index contributed by atoms with van der Waals surface area (Å²) in [5, 5.41) is 3.32. The van der Waals surface area contributed by atoms with Crippen LogP contribution in [-0.4, -0.2) is 19.0 Å². The molecule has 1 amide bonds. The third-order valence-corrected chi connectivity index (χ3v) is 3.14. The number of primary amides is 1. The van der Waals surface area contributed by atoms with Gasteiger partial charge in [-0.2, -0.15) is 0 Å². The number of carbonyl (C=O) groups excluding carboxylic acids is 1. The lowest BCUT2D eigenvalue weighted by atomic mass is 10.0. The van der Waals surface area contributed by atoms with Gasteiger partial charge in [-0.05, 0) is 24.7 Å². The minimum Gasteiger partial charge on any atom is -0.369 e. The van der Waals surface area contributed by atoms with Gasteiger partial charge in [-0.1, -0.05) is 13.8 Å². The Morgan fingerprint density at radius 1 is 1.62 bits per heavy atom. The zero-order valence-corrected chi connectivity index (χ0v) is 8.60. The van der Waals surface area contributed by atoms with Crippen LogP contribution in [0.5, 0.6) is 0 Å². The summed E-state index contributed by atoms with van der Waals surface area (Å²) in [6.45, 7) is 5.85. The highest BCUT2D eigenvalue weighted by molar-refractivity contribution is 5.76. The topological polar surface area (TPSA) is 55.1 Å². The number of nitrogens with one attached hydrogen (secondary N) is 1. The van der Waals surface area contributed by atoms with Crippen molar-refractivity contribution in [1.29, 1.82) is 0 Å². The molecule has 0 radical (unpaired) electrons. The Kier molecular flexibility index (Phi) is 3.31. The zero-order valence-electron chi connectivity index (χ0n) is 8.60. The fourth-order valence-electron chi connectivity index (χ4n) is 1.49. The Morgan fingerprint density at radius 2 is 2.23 bits per heavy atom. The molecule has 1 unspecified atom stereocenters. The third kappa shape index (κ3) is 2.99. The van der Waals surface area contributed by atoms with Gasteiger partial charge in [0.2, 0.25) is 5.91 Å². The van der Waals surface area contributed by atoms with E-state index in [-0.39, 0.29) is 11.8 Å². The standard InChI is InChI=1S/C10H20N2O/c1-3-10(4-5-10)7-12-6-8(2)9(11)13/h8,12H,3-7H2,1-2H3,(H2,11,13). The molecular formula is C10H20N2O. The molecule has 3 N–H and O–H groups in total. The molecule has 0 aliphatic heterocycles. The Labute approximate surface area is 80.1 Å². The van der Waals surface area contributed by atoms with Crippen LogP contribution in [0.25, 0.3) is 0 Å². The van der Waals surface area contributed by atoms with Crippen LogP contribution >= 0.6 is 0 Å². The third-order valence-electron chi connectivity index (χ3n) is 3.14. The van der Waals surface area contributed by atoms with E-state index in [2.05, 4.69) is 12.2 Å². The van der Waals surface area contributed by atoms with Crippen molar-refractivity contribution in [3.8, 4) is 0 Å². The van der Waals surface area contributed by atoms with E-state index >= 15 is 0 Å². The molecule has 1 atom stereocenters. The van der Waals surface area contributed by atoms with Crippen molar-refractivity contribution in [1.82, 2.24) is 5.32 Å². The van der Waals surface area contributed by atoms with E-state index in [4.69, 9.17) is 5.73 Å². The molecular weight excluding hydrogens is 164 g/mol. The zero-order chi connectivity index (χ0) is 9.90. The summed E-state index contributed by atoms with van der Waals surface area (Å²) in [6.07, 6.45) is 3.91. The summed E-state index contributed by atoms with van der Waals surface area (Å²) >= 11 is 0. The average Bonchev–Trinajstić information content (AvgIpc) is 2.85. The van der Waals surface area contributed by atoms with Gasteiger partial charge >= 0.3 is 0 Å². The first-order chi connectivity index (χ1) is 6.09. The smallest absolute Gasteiger partial charge is 0.221 e. The maximum atomic E-state index is 10.7. The fraction of sp³-hybridized carbons (Fsp3) is 0.900. The van der Waals surface area contributed by atoms with Crippen molar-refractivity contribution in [2.75, 3.05) is 13.1 Å². The highest BCUT2D eigenvalue weighted by Crippen LogP contribution is 2.47. The van der Waals surface area contributed by atoms with Crippen LogP contribution in [-0.2, 0) is 4.79 Å². The van der Waals surface area contributed by atoms with Crippen LogP contribution < -0.4 is 11.1 Å². The molecule has 0 aromatic rings. The van der Waals surface area contributed by atoms with Gasteiger partial charge in [-0.3, -0.25) is 4.79 Å². The fourth-order valence-corrected chi connectivity index (χ4v) is 1.49. The summed E-state index contributed by atoms with van der Waals surface area (Å²) in [4.78, 5) is 10.7. The predicted octanol–water partition coefficient (Wildman–Crippen LogP) is 0.888. The summed E-state index contributed by atoms with van der Waals surface area (Å²) < 4.78 is 0. The van der Waals surface area contributed by atoms with E-state index in [1.165, 1.54) is 19.3 Å². The van der Waals surface area contributed by atoms with E-state index in [0.717, 1.165) is 13.1 Å². The van der Waals surface area contributed by atoms with Crippen LogP contribution in [0.1, 0.15) is 33.1 Å². The molecule has 0 aromatic heterocycles. The Balaban J connectivity index is 2.10. The second-order valence-corrected chi connectivity index (χ2v) is 4.29. The summed E-state index contributed by atoms with van der Waals surface area (Å²) in [5.41, 5.74) is 5.71. The van der Waals surface area contributed by atoms with Gasteiger partial charge in [-0.15, -0.1) is 0 Å². The van der Waals surface area contributed by atoms with Crippen LogP contribution in [0.15, 0.2) is 0 Å². The second-order valence-electron chi connectivity index (χ2n) is 4.29. The average molecular weight is 184 g/mol. The van der Waals surface area contributed by atoms with Crippen LogP contribution in [0.3, 0.4) is 0 Å². The first kappa shape index (κ1) is 10.5. The van der Waals surface area contributed by atoms with Gasteiger partial charge in [0.15, 0.2) is 0 Å². The van der Waals surface area contributed by atoms with Gasteiger partial charge in [-0.25, -0.2) is 0 Å². The van der Waals surface area contributed by atoms with E-state index in [1.54, 1.807) is 0 Å². The van der Waals surface area contributed by atoms with Gasteiger partial charge in [0, 0.05) is 19.0 Å². The molecule has 3 nitrogen and oxygen atoms in total. The van der Waals surface area contributed by atoms with Gasteiger partial charge in [0.25, 0.3) is 0 Å². The highest BCUT2D eigenvalue weighted by Gasteiger charge is 2.39. The lowest BCUT2D eigenvalue weighted by Crippen LogP contribution is -2.33. The minimum atomic E-state index is -0.214. The lowest BCUT2D eigenvalue weighted by Gasteiger charge is -2.15. The van der Waals surface area contributed by atoms with Crippen molar-refractivity contribution in [2.24, 2.45) is 17.1 Å². The molecule has 0 bridgehead atoms. The molecule has 1 aliphatic carbocycles. The Morgan fingerprint density at radius 3 is 2.62 bits per heavy atom. The van der Waals surface area contributed by atoms with Crippen LogP contribution in [0.4, 0.5) is 0 Å². The number of rotatable bonds is 6. The van der Waals surface area contributed by atoms with Gasteiger partial charge < -0.3 is 11.1 Å². The van der Waals surface area contributed by atoms with Crippen molar-refractivity contribution in [3.63, 3.8) is 0 Å². The molecule has 0 saturated heterocycles. The number of hydrogen-bond donors (Lipinski definition) is 2. The molecule has 1 aliphatic rings. The lowest BCUT2D eigenvalue weighted by molar-refractivity contribution is -0.121. The maximum Gasteiger partial charge on any atom is 0.221 e. The largest absolute Gasteiger partial charge is 0.369 e. The molecule has 0 aromatic carbocycles. The van der Waals surface area contributed by atoms with Crippen LogP contribution in [0, 0.1) is 11.3 Å². The van der Waals surface area contributed by atoms with E-state index < -0.39 is 0 Å². The summed E-state index contributed by atoms with van der Waals surface area (Å²) in [6, 6.07) is 0. The van der Waals surface area contributed by atoms with Crippen LogP contribution in [0.2, 0.25) is 0 Å². The molecule has 13 heavy (non-hydrogen) atoms. The molecule has 1 fully saturated rings. The van der Waals surface area contributed by atoms with E-state index in [1.807, 2.05) is 6.92 Å². The van der Waals surface area contributed by atoms with E-state index in [0.29, 0.717) is 5.41 Å². The number of hydrogen-bond acceptors (Lipinski definition) is 2. The Bertz CT molecular complexity index is 187. The first-order valence-electron chi connectivity index (χ1n) is 5.10. The van der Waals surface area contributed by atoms with Crippen molar-refractivity contribution in [3.05, 3.63) is 0 Å². The molecule has 3 heteroatoms. The van der Waals surface area contributed by atoms with Gasteiger partial charge in [0.05, 0.1) is 0 Å². The van der Waals surface area contributed by atoms with E-state index in [9.17, 15) is 4.79 Å². The number of nitrogens with two attached hydrogens (primary N) is 1. The summed E-state index contributed by atoms with van der Waals surface area (Å²) in [5.74, 6) is -0.262. The second kappa shape index (κ2) is 4.09. The molecule has 76 valence electrons. The van der Waals surface area contributed by atoms with Crippen molar-refractivity contribution >= 4 is 5.91 Å². The monoisotopic (exact) mass is 184 g/mol. The molecule has 0 spiro atoms. The molecule has 1 rings (SSSR count). The summed E-state index contributed by atoms with van der Waals surface area (Å²) in [7, 11) is 0. The number of amides is 1. The van der Waals surface area contributed by atoms with Gasteiger partial charge in [0.1, 0.15) is 0 Å². The first-order valence-corrected chi connectivity index (χ1v) is 5.10. The SMILES string of the molecule is CCC1(CNCC(C)C(N)=O)CC1. The number of carbonyl (C=O) groups is 1. The normalized spacial score (nSPS) is 21.1. The minimum absolute atomic E-state index is 0.0485. The quantitative estimate of drug-likeness (QED) is 0.644. The van der Waals surface area contributed by atoms with Crippen molar-refractivity contribution in [2.45, 2.75) is 33.1 Å². The maximum absolute atomic E-state index is 10.7. The van der Waals surface area contributed by atoms with Crippen molar-refractivity contribution < 1.29 is 4.79 Å². The Hall–Kier alpha value is -0.570. The molecule has 1 saturated carbocycles. The predicted molar refractivity (Wildman–Crippen MR) is 53.2 cm³/mol. The highest BCUT2D eigenvalue weighted by atomic mass is 16.1. The molecule has 0 heterocycles.